The Morgan fingerprint density at radius 3 is 2.53 bits per heavy atom. The van der Waals surface area contributed by atoms with Gasteiger partial charge in [0.05, 0.1) is 11.5 Å². The first-order valence-electron chi connectivity index (χ1n) is 5.61. The highest BCUT2D eigenvalue weighted by Gasteiger charge is 2.24. The summed E-state index contributed by atoms with van der Waals surface area (Å²) >= 11 is 0. The van der Waals surface area contributed by atoms with E-state index in [0.29, 0.717) is 36.6 Å². The molecule has 1 fully saturated rings. The van der Waals surface area contributed by atoms with E-state index in [-0.39, 0.29) is 0 Å². The summed E-state index contributed by atoms with van der Waals surface area (Å²) in [7, 11) is -2.79. The highest BCUT2D eigenvalue weighted by atomic mass is 32.2. The molecule has 0 radical (unpaired) electrons. The van der Waals surface area contributed by atoms with Gasteiger partial charge >= 0.3 is 0 Å². The zero-order valence-corrected chi connectivity index (χ0v) is 10.5. The molecule has 2 unspecified atom stereocenters. The van der Waals surface area contributed by atoms with Gasteiger partial charge in [0.25, 0.3) is 0 Å². The first kappa shape index (κ1) is 12.9. The van der Waals surface area contributed by atoms with Gasteiger partial charge in [-0.25, -0.2) is 8.42 Å². The predicted molar refractivity (Wildman–Crippen MR) is 62.5 cm³/mol. The molecule has 5 heteroatoms. The van der Waals surface area contributed by atoms with Crippen molar-refractivity contribution < 1.29 is 8.42 Å². The summed E-state index contributed by atoms with van der Waals surface area (Å²) in [5, 5.41) is 0. The van der Waals surface area contributed by atoms with E-state index in [0.717, 1.165) is 13.0 Å². The Labute approximate surface area is 92.7 Å². The SMILES string of the molecule is CC(CN)C(C)N1CCCS(=O)(=O)CC1. The van der Waals surface area contributed by atoms with Gasteiger partial charge in [-0.3, -0.25) is 4.90 Å². The van der Waals surface area contributed by atoms with Crippen LogP contribution in [0.1, 0.15) is 20.3 Å². The maximum atomic E-state index is 11.4. The Morgan fingerprint density at radius 1 is 1.27 bits per heavy atom. The Hall–Kier alpha value is -0.130. The van der Waals surface area contributed by atoms with E-state index < -0.39 is 9.84 Å². The summed E-state index contributed by atoms with van der Waals surface area (Å²) in [5.41, 5.74) is 5.63. The molecule has 0 spiro atoms. The largest absolute Gasteiger partial charge is 0.330 e. The molecule has 0 aromatic carbocycles. The van der Waals surface area contributed by atoms with Gasteiger partial charge in [-0.1, -0.05) is 6.92 Å². The Kier molecular flexibility index (Phi) is 4.55. The molecule has 0 aliphatic carbocycles. The van der Waals surface area contributed by atoms with Crippen molar-refractivity contribution in [1.82, 2.24) is 4.90 Å². The summed E-state index contributed by atoms with van der Waals surface area (Å²) in [4.78, 5) is 2.25. The van der Waals surface area contributed by atoms with Crippen LogP contribution in [0.25, 0.3) is 0 Å². The smallest absolute Gasteiger partial charge is 0.151 e. The molecule has 1 aliphatic heterocycles. The van der Waals surface area contributed by atoms with E-state index in [4.69, 9.17) is 5.73 Å². The Morgan fingerprint density at radius 2 is 1.93 bits per heavy atom. The van der Waals surface area contributed by atoms with Crippen molar-refractivity contribution in [1.29, 1.82) is 0 Å². The van der Waals surface area contributed by atoms with Crippen molar-refractivity contribution in [3.63, 3.8) is 0 Å². The number of sulfone groups is 1. The number of hydrogen-bond donors (Lipinski definition) is 1. The van der Waals surface area contributed by atoms with Crippen LogP contribution in [0.3, 0.4) is 0 Å². The van der Waals surface area contributed by atoms with Crippen molar-refractivity contribution >= 4 is 9.84 Å². The Balaban J connectivity index is 2.57. The minimum Gasteiger partial charge on any atom is -0.330 e. The van der Waals surface area contributed by atoms with Gasteiger partial charge in [0, 0.05) is 12.6 Å². The number of nitrogens with zero attached hydrogens (tertiary/aromatic N) is 1. The molecule has 1 aliphatic rings. The molecule has 0 saturated carbocycles. The zero-order chi connectivity index (χ0) is 11.5. The van der Waals surface area contributed by atoms with Crippen LogP contribution < -0.4 is 5.73 Å². The zero-order valence-electron chi connectivity index (χ0n) is 9.65. The summed E-state index contributed by atoms with van der Waals surface area (Å²) in [5.74, 6) is 1.06. The third-order valence-corrected chi connectivity index (χ3v) is 5.08. The van der Waals surface area contributed by atoms with Crippen LogP contribution in [0, 0.1) is 5.92 Å². The maximum Gasteiger partial charge on any atom is 0.151 e. The lowest BCUT2D eigenvalue weighted by molar-refractivity contribution is 0.176. The molecule has 0 amide bonds. The number of rotatable bonds is 3. The lowest BCUT2D eigenvalue weighted by Crippen LogP contribution is -2.41. The van der Waals surface area contributed by atoms with E-state index in [1.54, 1.807) is 0 Å². The van der Waals surface area contributed by atoms with Crippen LogP contribution in [-0.4, -0.2) is 50.5 Å². The summed E-state index contributed by atoms with van der Waals surface area (Å²) in [6, 6.07) is 0.378. The van der Waals surface area contributed by atoms with E-state index >= 15 is 0 Å². The molecule has 1 heterocycles. The fourth-order valence-electron chi connectivity index (χ4n) is 1.92. The van der Waals surface area contributed by atoms with Crippen LogP contribution in [0.4, 0.5) is 0 Å². The number of hydrogen-bond acceptors (Lipinski definition) is 4. The van der Waals surface area contributed by atoms with Crippen molar-refractivity contribution in [2.24, 2.45) is 11.7 Å². The third kappa shape index (κ3) is 3.74. The minimum atomic E-state index is -2.79. The predicted octanol–water partition coefficient (Wildman–Crippen LogP) is 0.0902. The molecular weight excluding hydrogens is 212 g/mol. The lowest BCUT2D eigenvalue weighted by atomic mass is 10.0. The molecule has 1 rings (SSSR count). The molecule has 0 aromatic heterocycles. The third-order valence-electron chi connectivity index (χ3n) is 3.36. The van der Waals surface area contributed by atoms with Crippen LogP contribution >= 0.6 is 0 Å². The van der Waals surface area contributed by atoms with Gasteiger partial charge in [0.2, 0.25) is 0 Å². The molecule has 0 aromatic rings. The second kappa shape index (κ2) is 5.27. The van der Waals surface area contributed by atoms with Gasteiger partial charge < -0.3 is 5.73 Å². The normalized spacial score (nSPS) is 26.9. The molecule has 2 N–H and O–H groups in total. The second-order valence-corrected chi connectivity index (χ2v) is 6.80. The van der Waals surface area contributed by atoms with Crippen LogP contribution in [0.2, 0.25) is 0 Å². The minimum absolute atomic E-state index is 0.300. The second-order valence-electron chi connectivity index (χ2n) is 4.49. The standard InChI is InChI=1S/C10H22N2O2S/c1-9(8-11)10(2)12-4-3-6-15(13,14)7-5-12/h9-10H,3-8,11H2,1-2H3. The summed E-state index contributed by atoms with van der Waals surface area (Å²) in [6.45, 7) is 6.45. The molecule has 1 saturated heterocycles. The van der Waals surface area contributed by atoms with E-state index in [2.05, 4.69) is 18.7 Å². The quantitative estimate of drug-likeness (QED) is 0.752. The highest BCUT2D eigenvalue weighted by Crippen LogP contribution is 2.13. The van der Waals surface area contributed by atoms with Gasteiger partial charge in [-0.15, -0.1) is 0 Å². The van der Waals surface area contributed by atoms with E-state index in [1.807, 2.05) is 0 Å². The van der Waals surface area contributed by atoms with Gasteiger partial charge in [0.1, 0.15) is 0 Å². The monoisotopic (exact) mass is 234 g/mol. The van der Waals surface area contributed by atoms with Gasteiger partial charge in [0.15, 0.2) is 9.84 Å². The van der Waals surface area contributed by atoms with Crippen molar-refractivity contribution in [2.75, 3.05) is 31.1 Å². The first-order valence-corrected chi connectivity index (χ1v) is 7.43. The molecule has 4 nitrogen and oxygen atoms in total. The van der Waals surface area contributed by atoms with Crippen LogP contribution in [0.15, 0.2) is 0 Å². The van der Waals surface area contributed by atoms with Gasteiger partial charge in [-0.2, -0.15) is 0 Å². The fraction of sp³-hybridized carbons (Fsp3) is 1.00. The molecule has 90 valence electrons. The lowest BCUT2D eigenvalue weighted by Gasteiger charge is -2.31. The topological polar surface area (TPSA) is 63.4 Å². The van der Waals surface area contributed by atoms with Crippen LogP contribution in [-0.2, 0) is 9.84 Å². The van der Waals surface area contributed by atoms with E-state index in [1.165, 1.54) is 0 Å². The Bertz CT molecular complexity index is 290. The average Bonchev–Trinajstić information content (AvgIpc) is 2.37. The summed E-state index contributed by atoms with van der Waals surface area (Å²) < 4.78 is 22.9. The first-order chi connectivity index (χ1) is 6.96. The highest BCUT2D eigenvalue weighted by molar-refractivity contribution is 7.91. The molecular formula is C10H22N2O2S. The van der Waals surface area contributed by atoms with Gasteiger partial charge in [-0.05, 0) is 32.4 Å². The van der Waals surface area contributed by atoms with Crippen molar-refractivity contribution in [2.45, 2.75) is 26.3 Å². The van der Waals surface area contributed by atoms with Crippen molar-refractivity contribution in [3.05, 3.63) is 0 Å². The summed E-state index contributed by atoms with van der Waals surface area (Å²) in [6.07, 6.45) is 0.754. The molecule has 15 heavy (non-hydrogen) atoms. The van der Waals surface area contributed by atoms with Crippen molar-refractivity contribution in [3.8, 4) is 0 Å². The number of nitrogens with two attached hydrogens (primary N) is 1. The maximum absolute atomic E-state index is 11.4. The fourth-order valence-corrected chi connectivity index (χ4v) is 3.21. The molecule has 2 atom stereocenters. The van der Waals surface area contributed by atoms with E-state index in [9.17, 15) is 8.42 Å². The molecule has 0 bridgehead atoms. The average molecular weight is 234 g/mol. The van der Waals surface area contributed by atoms with Crippen LogP contribution in [0.5, 0.6) is 0 Å².